The Morgan fingerprint density at radius 3 is 2.46 bits per heavy atom. The van der Waals surface area contributed by atoms with Crippen LogP contribution in [0.3, 0.4) is 0 Å². The van der Waals surface area contributed by atoms with Crippen molar-refractivity contribution in [3.05, 3.63) is 65.5 Å². The molecule has 28 heavy (non-hydrogen) atoms. The van der Waals surface area contributed by atoms with E-state index in [1.165, 1.54) is 11.8 Å². The van der Waals surface area contributed by atoms with E-state index < -0.39 is 0 Å². The van der Waals surface area contributed by atoms with Crippen LogP contribution in [0.15, 0.2) is 48.8 Å². The van der Waals surface area contributed by atoms with Crippen LogP contribution in [0.4, 0.5) is 0 Å². The van der Waals surface area contributed by atoms with E-state index in [0.717, 1.165) is 32.4 Å². The normalized spacial score (nSPS) is 14.9. The topological polar surface area (TPSA) is 62.3 Å². The fourth-order valence-electron chi connectivity index (χ4n) is 3.55. The zero-order chi connectivity index (χ0) is 19.9. The van der Waals surface area contributed by atoms with E-state index in [1.54, 1.807) is 12.3 Å². The maximum absolute atomic E-state index is 12.9. The van der Waals surface area contributed by atoms with Crippen molar-refractivity contribution in [2.75, 3.05) is 19.6 Å². The van der Waals surface area contributed by atoms with Crippen molar-refractivity contribution in [2.45, 2.75) is 33.1 Å². The Bertz CT molecular complexity index is 797. The predicted molar refractivity (Wildman–Crippen MR) is 110 cm³/mol. The van der Waals surface area contributed by atoms with E-state index in [2.05, 4.69) is 34.6 Å². The van der Waals surface area contributed by atoms with Gasteiger partial charge < -0.3 is 10.2 Å². The third-order valence-electron chi connectivity index (χ3n) is 5.19. The quantitative estimate of drug-likeness (QED) is 0.835. The van der Waals surface area contributed by atoms with Crippen LogP contribution >= 0.6 is 0 Å². The van der Waals surface area contributed by atoms with E-state index >= 15 is 0 Å². The molecule has 5 heteroatoms. The number of carbonyl (C=O) groups excluding carboxylic acids is 2. The number of hydrogen-bond donors (Lipinski definition) is 1. The highest BCUT2D eigenvalue weighted by Crippen LogP contribution is 2.23. The Morgan fingerprint density at radius 1 is 1.11 bits per heavy atom. The molecule has 1 fully saturated rings. The van der Waals surface area contributed by atoms with Crippen molar-refractivity contribution in [3.63, 3.8) is 0 Å². The maximum Gasteiger partial charge on any atom is 0.255 e. The Balaban J connectivity index is 1.56. The number of rotatable bonds is 6. The molecule has 1 aliphatic rings. The van der Waals surface area contributed by atoms with Crippen LogP contribution in [-0.4, -0.2) is 41.3 Å². The summed E-state index contributed by atoms with van der Waals surface area (Å²) in [7, 11) is 0. The second kappa shape index (κ2) is 9.49. The number of nitrogens with zero attached hydrogens (tertiary/aromatic N) is 2. The summed E-state index contributed by atoms with van der Waals surface area (Å²) in [5.41, 5.74) is 2.28. The summed E-state index contributed by atoms with van der Waals surface area (Å²) in [6.07, 6.45) is 6.14. The third kappa shape index (κ3) is 5.41. The van der Waals surface area contributed by atoms with Gasteiger partial charge in [-0.05, 0) is 42.7 Å². The maximum atomic E-state index is 12.9. The van der Waals surface area contributed by atoms with Gasteiger partial charge >= 0.3 is 0 Å². The molecule has 0 atom stereocenters. The lowest BCUT2D eigenvalue weighted by Gasteiger charge is -2.32. The molecule has 5 nitrogen and oxygen atoms in total. The van der Waals surface area contributed by atoms with Gasteiger partial charge in [0.05, 0.1) is 11.1 Å². The smallest absolute Gasteiger partial charge is 0.255 e. The molecule has 148 valence electrons. The molecule has 1 N–H and O–H groups in total. The van der Waals surface area contributed by atoms with Crippen molar-refractivity contribution in [1.82, 2.24) is 15.2 Å². The molecule has 0 bridgehead atoms. The second-order valence-electron chi connectivity index (χ2n) is 7.99. The average Bonchev–Trinajstić information content (AvgIpc) is 2.73. The number of likely N-dealkylation sites (tertiary alicyclic amines) is 1. The lowest BCUT2D eigenvalue weighted by Crippen LogP contribution is -2.39. The first-order chi connectivity index (χ1) is 13.5. The fraction of sp³-hybridized carbons (Fsp3) is 0.435. The molecule has 3 rings (SSSR count). The first kappa shape index (κ1) is 20.1. The van der Waals surface area contributed by atoms with Crippen LogP contribution in [0.5, 0.6) is 0 Å². The standard InChI is InChI=1S/C23H29N3O2/c1-17(2)14-25-22(27)20-13-21(16-24-15-20)23(28)26-10-8-19(9-11-26)12-18-6-4-3-5-7-18/h3-7,13,15-17,19H,8-12,14H2,1-2H3,(H,25,27). The molecule has 1 saturated heterocycles. The fourth-order valence-corrected chi connectivity index (χ4v) is 3.55. The summed E-state index contributed by atoms with van der Waals surface area (Å²) in [5, 5.41) is 2.87. The summed E-state index contributed by atoms with van der Waals surface area (Å²) in [4.78, 5) is 31.1. The van der Waals surface area contributed by atoms with Crippen molar-refractivity contribution < 1.29 is 9.59 Å². The Morgan fingerprint density at radius 2 is 1.79 bits per heavy atom. The molecule has 0 unspecified atom stereocenters. The minimum atomic E-state index is -0.183. The van der Waals surface area contributed by atoms with E-state index in [-0.39, 0.29) is 11.8 Å². The highest BCUT2D eigenvalue weighted by atomic mass is 16.2. The van der Waals surface area contributed by atoms with Gasteiger partial charge in [0.2, 0.25) is 0 Å². The highest BCUT2D eigenvalue weighted by molar-refractivity contribution is 5.99. The molecular weight excluding hydrogens is 350 g/mol. The van der Waals surface area contributed by atoms with Crippen molar-refractivity contribution >= 4 is 11.8 Å². The largest absolute Gasteiger partial charge is 0.352 e. The van der Waals surface area contributed by atoms with Crippen LogP contribution in [0, 0.1) is 11.8 Å². The molecule has 0 radical (unpaired) electrons. The van der Waals surface area contributed by atoms with Crippen LogP contribution in [-0.2, 0) is 6.42 Å². The minimum Gasteiger partial charge on any atom is -0.352 e. The monoisotopic (exact) mass is 379 g/mol. The summed E-state index contributed by atoms with van der Waals surface area (Å²) in [6, 6.07) is 12.2. The summed E-state index contributed by atoms with van der Waals surface area (Å²) < 4.78 is 0. The van der Waals surface area contributed by atoms with Gasteiger partial charge in [0.25, 0.3) is 11.8 Å². The van der Waals surface area contributed by atoms with E-state index in [9.17, 15) is 9.59 Å². The first-order valence-corrected chi connectivity index (χ1v) is 10.1. The van der Waals surface area contributed by atoms with E-state index in [1.807, 2.05) is 24.8 Å². The molecular formula is C23H29N3O2. The first-order valence-electron chi connectivity index (χ1n) is 10.1. The number of benzene rings is 1. The van der Waals surface area contributed by atoms with Crippen molar-refractivity contribution in [3.8, 4) is 0 Å². The zero-order valence-corrected chi connectivity index (χ0v) is 16.7. The third-order valence-corrected chi connectivity index (χ3v) is 5.19. The molecule has 1 aromatic heterocycles. The SMILES string of the molecule is CC(C)CNC(=O)c1cncc(C(=O)N2CCC(Cc3ccccc3)CC2)c1. The van der Waals surface area contributed by atoms with Crippen LogP contribution in [0.25, 0.3) is 0 Å². The van der Waals surface area contributed by atoms with Crippen LogP contribution in [0.2, 0.25) is 0 Å². The lowest BCUT2D eigenvalue weighted by atomic mass is 9.90. The average molecular weight is 380 g/mol. The molecule has 1 aliphatic heterocycles. The van der Waals surface area contributed by atoms with Gasteiger partial charge in [0.15, 0.2) is 0 Å². The molecule has 0 aliphatic carbocycles. The molecule has 2 aromatic rings. The number of piperidine rings is 1. The lowest BCUT2D eigenvalue weighted by molar-refractivity contribution is 0.0690. The van der Waals surface area contributed by atoms with Crippen molar-refractivity contribution in [2.24, 2.45) is 11.8 Å². The number of pyridine rings is 1. The number of hydrogen-bond acceptors (Lipinski definition) is 3. The second-order valence-corrected chi connectivity index (χ2v) is 7.99. The van der Waals surface area contributed by atoms with Gasteiger partial charge in [-0.25, -0.2) is 0 Å². The van der Waals surface area contributed by atoms with Gasteiger partial charge in [-0.2, -0.15) is 0 Å². The van der Waals surface area contributed by atoms with Gasteiger partial charge in [0.1, 0.15) is 0 Å². The number of carbonyl (C=O) groups is 2. The van der Waals surface area contributed by atoms with E-state index in [0.29, 0.717) is 29.5 Å². The Kier molecular flexibility index (Phi) is 6.80. The highest BCUT2D eigenvalue weighted by Gasteiger charge is 2.24. The molecule has 0 saturated carbocycles. The summed E-state index contributed by atoms with van der Waals surface area (Å²) >= 11 is 0. The molecule has 1 aromatic carbocycles. The van der Waals surface area contributed by atoms with Gasteiger partial charge in [-0.3, -0.25) is 14.6 Å². The number of aromatic nitrogens is 1. The summed E-state index contributed by atoms with van der Waals surface area (Å²) in [6.45, 7) is 6.19. The van der Waals surface area contributed by atoms with Crippen molar-refractivity contribution in [1.29, 1.82) is 0 Å². The molecule has 2 heterocycles. The van der Waals surface area contributed by atoms with Gasteiger partial charge in [-0.15, -0.1) is 0 Å². The minimum absolute atomic E-state index is 0.0378. The molecule has 2 amide bonds. The van der Waals surface area contributed by atoms with Crippen LogP contribution in [0.1, 0.15) is 53.0 Å². The number of amides is 2. The Labute approximate surface area is 167 Å². The van der Waals surface area contributed by atoms with Crippen LogP contribution < -0.4 is 5.32 Å². The molecule has 0 spiro atoms. The number of nitrogens with one attached hydrogen (secondary N) is 1. The van der Waals surface area contributed by atoms with Gasteiger partial charge in [0, 0.05) is 32.0 Å². The predicted octanol–water partition coefficient (Wildman–Crippen LogP) is 3.56. The van der Waals surface area contributed by atoms with Gasteiger partial charge in [-0.1, -0.05) is 44.2 Å². The Hall–Kier alpha value is -2.69. The van der Waals surface area contributed by atoms with E-state index in [4.69, 9.17) is 0 Å². The summed E-state index contributed by atoms with van der Waals surface area (Å²) in [5.74, 6) is 0.762. The zero-order valence-electron chi connectivity index (χ0n) is 16.7.